The summed E-state index contributed by atoms with van der Waals surface area (Å²) >= 11 is 0. The molecule has 3 rings (SSSR count). The average molecular weight is 311 g/mol. The topological polar surface area (TPSA) is 24.5 Å². The zero-order valence-electron chi connectivity index (χ0n) is 13.2. The third-order valence-electron chi connectivity index (χ3n) is 4.64. The maximum absolute atomic E-state index is 5.60. The largest absolute Gasteiger partial charge is 0.494 e. The zero-order valence-corrected chi connectivity index (χ0v) is 14.0. The lowest BCUT2D eigenvalue weighted by molar-refractivity contribution is 0.164. The lowest BCUT2D eigenvalue weighted by Crippen LogP contribution is -2.40. The number of hydrogen-bond donors (Lipinski definition) is 1. The molecule has 21 heavy (non-hydrogen) atoms. The highest BCUT2D eigenvalue weighted by Gasteiger charge is 2.31. The minimum Gasteiger partial charge on any atom is -0.494 e. The van der Waals surface area contributed by atoms with Crippen molar-refractivity contribution in [2.45, 2.75) is 33.2 Å². The number of ether oxygens (including phenoxy) is 1. The third kappa shape index (κ3) is 3.91. The smallest absolute Gasteiger partial charge is 0.119 e. The van der Waals surface area contributed by atoms with Crippen molar-refractivity contribution in [3.05, 3.63) is 29.3 Å². The number of rotatable bonds is 4. The zero-order chi connectivity index (χ0) is 14.0. The van der Waals surface area contributed by atoms with Crippen LogP contribution in [-0.2, 0) is 13.0 Å². The summed E-state index contributed by atoms with van der Waals surface area (Å²) in [5.74, 6) is 1.02. The van der Waals surface area contributed by atoms with Crippen molar-refractivity contribution in [2.24, 2.45) is 5.41 Å². The van der Waals surface area contributed by atoms with E-state index in [1.165, 1.54) is 43.7 Å². The van der Waals surface area contributed by atoms with Gasteiger partial charge in [-0.1, -0.05) is 13.0 Å². The van der Waals surface area contributed by atoms with Crippen LogP contribution in [-0.4, -0.2) is 37.7 Å². The SMILES string of the molecule is CCOc1ccc2c(c1)CCN(CC1(C)CCNC1)C2.Cl. The van der Waals surface area contributed by atoms with E-state index in [2.05, 4.69) is 35.3 Å². The van der Waals surface area contributed by atoms with E-state index in [1.54, 1.807) is 0 Å². The Morgan fingerprint density at radius 1 is 1.33 bits per heavy atom. The molecule has 0 aliphatic carbocycles. The molecule has 2 aliphatic rings. The van der Waals surface area contributed by atoms with Crippen LogP contribution in [0.3, 0.4) is 0 Å². The first-order valence-electron chi connectivity index (χ1n) is 7.86. The van der Waals surface area contributed by atoms with Gasteiger partial charge in [0.2, 0.25) is 0 Å². The molecule has 1 saturated heterocycles. The lowest BCUT2D eigenvalue weighted by Gasteiger charge is -2.35. The molecule has 1 atom stereocenters. The first-order valence-corrected chi connectivity index (χ1v) is 7.86. The summed E-state index contributed by atoms with van der Waals surface area (Å²) in [4.78, 5) is 2.62. The van der Waals surface area contributed by atoms with Gasteiger partial charge >= 0.3 is 0 Å². The molecule has 118 valence electrons. The molecule has 1 unspecified atom stereocenters. The second-order valence-corrected chi connectivity index (χ2v) is 6.56. The Kier molecular flexibility index (Phi) is 5.53. The number of hydrogen-bond acceptors (Lipinski definition) is 3. The fraction of sp³-hybridized carbons (Fsp3) is 0.647. The first kappa shape index (κ1) is 16.6. The molecule has 0 amide bonds. The van der Waals surface area contributed by atoms with Crippen LogP contribution >= 0.6 is 12.4 Å². The van der Waals surface area contributed by atoms with Gasteiger partial charge in [-0.3, -0.25) is 4.90 Å². The van der Waals surface area contributed by atoms with Crippen LogP contribution in [0.25, 0.3) is 0 Å². The van der Waals surface area contributed by atoms with Gasteiger partial charge in [0.05, 0.1) is 6.61 Å². The van der Waals surface area contributed by atoms with E-state index in [9.17, 15) is 0 Å². The van der Waals surface area contributed by atoms with E-state index in [1.807, 2.05) is 6.92 Å². The van der Waals surface area contributed by atoms with E-state index in [0.717, 1.165) is 25.3 Å². The van der Waals surface area contributed by atoms with Gasteiger partial charge in [-0.2, -0.15) is 0 Å². The molecule has 1 fully saturated rings. The van der Waals surface area contributed by atoms with E-state index in [-0.39, 0.29) is 12.4 Å². The number of halogens is 1. The molecule has 2 aliphatic heterocycles. The minimum absolute atomic E-state index is 0. The first-order chi connectivity index (χ1) is 9.68. The van der Waals surface area contributed by atoms with E-state index in [0.29, 0.717) is 5.41 Å². The van der Waals surface area contributed by atoms with Crippen molar-refractivity contribution in [1.29, 1.82) is 0 Å². The summed E-state index contributed by atoms with van der Waals surface area (Å²) < 4.78 is 5.60. The fourth-order valence-corrected chi connectivity index (χ4v) is 3.52. The summed E-state index contributed by atoms with van der Waals surface area (Å²) in [5, 5.41) is 3.50. The van der Waals surface area contributed by atoms with E-state index >= 15 is 0 Å². The Hall–Kier alpha value is -0.770. The van der Waals surface area contributed by atoms with Gasteiger partial charge in [0.25, 0.3) is 0 Å². The normalized spacial score (nSPS) is 25.2. The van der Waals surface area contributed by atoms with Crippen molar-refractivity contribution in [3.63, 3.8) is 0 Å². The number of nitrogens with one attached hydrogen (secondary N) is 1. The molecule has 1 aromatic rings. The van der Waals surface area contributed by atoms with E-state index in [4.69, 9.17) is 4.74 Å². The van der Waals surface area contributed by atoms with Gasteiger partial charge in [0.1, 0.15) is 5.75 Å². The van der Waals surface area contributed by atoms with E-state index < -0.39 is 0 Å². The van der Waals surface area contributed by atoms with Gasteiger partial charge < -0.3 is 10.1 Å². The number of benzene rings is 1. The maximum atomic E-state index is 5.60. The van der Waals surface area contributed by atoms with Crippen LogP contribution in [0.15, 0.2) is 18.2 Å². The Morgan fingerprint density at radius 2 is 2.19 bits per heavy atom. The van der Waals surface area contributed by atoms with Crippen LogP contribution < -0.4 is 10.1 Å². The van der Waals surface area contributed by atoms with Crippen molar-refractivity contribution in [2.75, 3.05) is 32.8 Å². The Bertz CT molecular complexity index is 472. The van der Waals surface area contributed by atoms with Crippen LogP contribution in [0.5, 0.6) is 5.75 Å². The highest BCUT2D eigenvalue weighted by molar-refractivity contribution is 5.85. The molecule has 0 radical (unpaired) electrons. The summed E-state index contributed by atoms with van der Waals surface area (Å²) in [6.07, 6.45) is 2.46. The molecule has 0 spiro atoms. The quantitative estimate of drug-likeness (QED) is 0.925. The molecule has 1 N–H and O–H groups in total. The Morgan fingerprint density at radius 3 is 2.90 bits per heavy atom. The van der Waals surface area contributed by atoms with Crippen LogP contribution in [0.4, 0.5) is 0 Å². The van der Waals surface area contributed by atoms with Gasteiger partial charge in [-0.25, -0.2) is 0 Å². The molecular weight excluding hydrogens is 284 g/mol. The van der Waals surface area contributed by atoms with Crippen LogP contribution in [0, 0.1) is 5.41 Å². The summed E-state index contributed by atoms with van der Waals surface area (Å²) in [6.45, 7) is 11.0. The van der Waals surface area contributed by atoms with Crippen LogP contribution in [0.1, 0.15) is 31.4 Å². The minimum atomic E-state index is 0. The van der Waals surface area contributed by atoms with Gasteiger partial charge in [-0.05, 0) is 55.0 Å². The molecule has 0 saturated carbocycles. The molecule has 0 aromatic heterocycles. The third-order valence-corrected chi connectivity index (χ3v) is 4.64. The molecular formula is C17H27ClN2O. The highest BCUT2D eigenvalue weighted by Crippen LogP contribution is 2.29. The monoisotopic (exact) mass is 310 g/mol. The Labute approximate surface area is 134 Å². The molecule has 0 bridgehead atoms. The van der Waals surface area contributed by atoms with Crippen molar-refractivity contribution >= 4 is 12.4 Å². The average Bonchev–Trinajstić information content (AvgIpc) is 2.86. The van der Waals surface area contributed by atoms with Crippen molar-refractivity contribution in [3.8, 4) is 5.75 Å². The molecule has 3 nitrogen and oxygen atoms in total. The molecule has 2 heterocycles. The van der Waals surface area contributed by atoms with Gasteiger partial charge in [0.15, 0.2) is 0 Å². The lowest BCUT2D eigenvalue weighted by atomic mass is 9.88. The predicted octanol–water partition coefficient (Wildman–Crippen LogP) is 2.86. The summed E-state index contributed by atoms with van der Waals surface area (Å²) in [6, 6.07) is 6.60. The number of fused-ring (bicyclic) bond motifs is 1. The van der Waals surface area contributed by atoms with Crippen molar-refractivity contribution in [1.82, 2.24) is 10.2 Å². The number of nitrogens with zero attached hydrogens (tertiary/aromatic N) is 1. The maximum Gasteiger partial charge on any atom is 0.119 e. The van der Waals surface area contributed by atoms with Crippen LogP contribution in [0.2, 0.25) is 0 Å². The van der Waals surface area contributed by atoms with Crippen molar-refractivity contribution < 1.29 is 4.74 Å². The highest BCUT2D eigenvalue weighted by atomic mass is 35.5. The molecule has 1 aromatic carbocycles. The second kappa shape index (κ2) is 6.99. The molecule has 4 heteroatoms. The summed E-state index contributed by atoms with van der Waals surface area (Å²) in [5.41, 5.74) is 3.42. The van der Waals surface area contributed by atoms with Gasteiger partial charge in [0, 0.05) is 26.2 Å². The predicted molar refractivity (Wildman–Crippen MR) is 89.4 cm³/mol. The summed E-state index contributed by atoms with van der Waals surface area (Å²) in [7, 11) is 0. The standard InChI is InChI=1S/C17H26N2O.ClH/c1-3-20-16-5-4-15-11-19(9-6-14(15)10-16)13-17(2)7-8-18-12-17;/h4-5,10,18H,3,6-9,11-13H2,1-2H3;1H. The van der Waals surface area contributed by atoms with Gasteiger partial charge in [-0.15, -0.1) is 12.4 Å². The fourth-order valence-electron chi connectivity index (χ4n) is 3.52. The second-order valence-electron chi connectivity index (χ2n) is 6.56. The Balaban J connectivity index is 0.00000161.